The normalized spacial score (nSPS) is 17.2. The Kier molecular flexibility index (Phi) is 4.07. The molecule has 1 saturated heterocycles. The van der Waals surface area contributed by atoms with E-state index in [1.54, 1.807) is 18.2 Å². The van der Waals surface area contributed by atoms with Gasteiger partial charge in [-0.2, -0.15) is 0 Å². The fourth-order valence-electron chi connectivity index (χ4n) is 1.84. The summed E-state index contributed by atoms with van der Waals surface area (Å²) in [6.07, 6.45) is 0. The zero-order valence-corrected chi connectivity index (χ0v) is 12.0. The van der Waals surface area contributed by atoms with Crippen LogP contribution in [0.2, 0.25) is 5.02 Å². The predicted octanol–water partition coefficient (Wildman–Crippen LogP) is 2.49. The number of rotatable bonds is 1. The maximum atomic E-state index is 12.3. The summed E-state index contributed by atoms with van der Waals surface area (Å²) in [4.78, 5) is 16.4. The van der Waals surface area contributed by atoms with Crippen molar-refractivity contribution in [3.8, 4) is 0 Å². The lowest BCUT2D eigenvalue weighted by Crippen LogP contribution is -2.47. The van der Waals surface area contributed by atoms with Crippen molar-refractivity contribution in [3.63, 3.8) is 0 Å². The molecule has 17 heavy (non-hydrogen) atoms. The molecular weight excluding hydrogens is 304 g/mol. The van der Waals surface area contributed by atoms with Crippen molar-refractivity contribution >= 4 is 33.4 Å². The average molecular weight is 318 g/mol. The Labute approximate surface area is 114 Å². The highest BCUT2D eigenvalue weighted by Gasteiger charge is 2.21. The maximum absolute atomic E-state index is 12.3. The molecule has 0 saturated carbocycles. The highest BCUT2D eigenvalue weighted by Crippen LogP contribution is 2.23. The SMILES string of the molecule is CN1CCN(C(=O)c2ccc(Cl)cc2Br)CC1. The van der Waals surface area contributed by atoms with E-state index < -0.39 is 0 Å². The lowest BCUT2D eigenvalue weighted by Gasteiger charge is -2.32. The lowest BCUT2D eigenvalue weighted by atomic mass is 10.2. The van der Waals surface area contributed by atoms with Gasteiger partial charge in [-0.3, -0.25) is 4.79 Å². The summed E-state index contributed by atoms with van der Waals surface area (Å²) in [6.45, 7) is 3.42. The Morgan fingerprint density at radius 1 is 1.29 bits per heavy atom. The maximum Gasteiger partial charge on any atom is 0.255 e. The summed E-state index contributed by atoms with van der Waals surface area (Å²) in [5, 5.41) is 0.631. The van der Waals surface area contributed by atoms with Gasteiger partial charge in [-0.1, -0.05) is 11.6 Å². The zero-order chi connectivity index (χ0) is 12.4. The summed E-state index contributed by atoms with van der Waals surface area (Å²) in [5.74, 6) is 0.0710. The first-order chi connectivity index (χ1) is 8.08. The number of hydrogen-bond acceptors (Lipinski definition) is 2. The quantitative estimate of drug-likeness (QED) is 0.794. The van der Waals surface area contributed by atoms with E-state index >= 15 is 0 Å². The van der Waals surface area contributed by atoms with Gasteiger partial charge in [0, 0.05) is 35.7 Å². The smallest absolute Gasteiger partial charge is 0.255 e. The van der Waals surface area contributed by atoms with Crippen LogP contribution >= 0.6 is 27.5 Å². The first kappa shape index (κ1) is 12.9. The van der Waals surface area contributed by atoms with Crippen LogP contribution in [0.25, 0.3) is 0 Å². The minimum absolute atomic E-state index is 0.0710. The lowest BCUT2D eigenvalue weighted by molar-refractivity contribution is 0.0663. The van der Waals surface area contributed by atoms with E-state index in [1.807, 2.05) is 4.90 Å². The van der Waals surface area contributed by atoms with Crippen LogP contribution in [0.3, 0.4) is 0 Å². The van der Waals surface area contributed by atoms with Crippen LogP contribution in [0.1, 0.15) is 10.4 Å². The van der Waals surface area contributed by atoms with E-state index in [-0.39, 0.29) is 5.91 Å². The summed E-state index contributed by atoms with van der Waals surface area (Å²) < 4.78 is 0.758. The third kappa shape index (κ3) is 3.00. The molecule has 1 heterocycles. The highest BCUT2D eigenvalue weighted by atomic mass is 79.9. The molecule has 0 radical (unpaired) electrons. The topological polar surface area (TPSA) is 23.6 Å². The number of carbonyl (C=O) groups is 1. The molecule has 3 nitrogen and oxygen atoms in total. The third-order valence-corrected chi connectivity index (χ3v) is 3.84. The van der Waals surface area contributed by atoms with Gasteiger partial charge in [-0.15, -0.1) is 0 Å². The van der Waals surface area contributed by atoms with E-state index in [2.05, 4.69) is 27.9 Å². The first-order valence-corrected chi connectivity index (χ1v) is 6.68. The van der Waals surface area contributed by atoms with Crippen molar-refractivity contribution in [1.29, 1.82) is 0 Å². The number of hydrogen-bond donors (Lipinski definition) is 0. The van der Waals surface area contributed by atoms with Crippen LogP contribution in [0.5, 0.6) is 0 Å². The highest BCUT2D eigenvalue weighted by molar-refractivity contribution is 9.10. The van der Waals surface area contributed by atoms with Gasteiger partial charge in [0.2, 0.25) is 0 Å². The Morgan fingerprint density at radius 2 is 1.94 bits per heavy atom. The molecule has 1 aromatic rings. The molecule has 1 aromatic carbocycles. The van der Waals surface area contributed by atoms with E-state index in [4.69, 9.17) is 11.6 Å². The van der Waals surface area contributed by atoms with Gasteiger partial charge >= 0.3 is 0 Å². The standard InChI is InChI=1S/C12H14BrClN2O/c1-15-4-6-16(7-5-15)12(17)10-3-2-9(14)8-11(10)13/h2-3,8H,4-7H2,1H3. The summed E-state index contributed by atoms with van der Waals surface area (Å²) in [6, 6.07) is 5.27. The van der Waals surface area contributed by atoms with Gasteiger partial charge in [0.25, 0.3) is 5.91 Å². The summed E-state index contributed by atoms with van der Waals surface area (Å²) in [7, 11) is 2.07. The van der Waals surface area contributed by atoms with Crippen molar-refractivity contribution in [2.45, 2.75) is 0 Å². The average Bonchev–Trinajstić information content (AvgIpc) is 2.29. The monoisotopic (exact) mass is 316 g/mol. The van der Waals surface area contributed by atoms with Crippen LogP contribution in [-0.4, -0.2) is 48.9 Å². The van der Waals surface area contributed by atoms with Crippen molar-refractivity contribution < 1.29 is 4.79 Å². The molecule has 1 aliphatic heterocycles. The number of piperazine rings is 1. The number of nitrogens with zero attached hydrogens (tertiary/aromatic N) is 2. The van der Waals surface area contributed by atoms with Crippen LogP contribution in [0.4, 0.5) is 0 Å². The fourth-order valence-corrected chi connectivity index (χ4v) is 2.70. The predicted molar refractivity (Wildman–Crippen MR) is 72.6 cm³/mol. The van der Waals surface area contributed by atoms with E-state index in [1.165, 1.54) is 0 Å². The van der Waals surface area contributed by atoms with Gasteiger partial charge in [0.05, 0.1) is 5.56 Å². The Balaban J connectivity index is 2.14. The largest absolute Gasteiger partial charge is 0.336 e. The fraction of sp³-hybridized carbons (Fsp3) is 0.417. The van der Waals surface area contributed by atoms with Crippen molar-refractivity contribution in [2.24, 2.45) is 0 Å². The molecule has 0 spiro atoms. The van der Waals surface area contributed by atoms with Crippen molar-refractivity contribution in [1.82, 2.24) is 9.80 Å². The summed E-state index contributed by atoms with van der Waals surface area (Å²) >= 11 is 9.25. The zero-order valence-electron chi connectivity index (χ0n) is 9.62. The Bertz CT molecular complexity index is 431. The molecule has 92 valence electrons. The van der Waals surface area contributed by atoms with Crippen LogP contribution < -0.4 is 0 Å². The molecule has 2 rings (SSSR count). The molecule has 0 unspecified atom stereocenters. The van der Waals surface area contributed by atoms with Crippen molar-refractivity contribution in [2.75, 3.05) is 33.2 Å². The molecule has 1 aliphatic rings. The number of likely N-dealkylation sites (N-methyl/N-ethyl adjacent to an activating group) is 1. The molecule has 0 aliphatic carbocycles. The van der Waals surface area contributed by atoms with Gasteiger partial charge in [0.15, 0.2) is 0 Å². The van der Waals surface area contributed by atoms with Gasteiger partial charge in [0.1, 0.15) is 0 Å². The molecule has 1 fully saturated rings. The van der Waals surface area contributed by atoms with Gasteiger partial charge in [-0.25, -0.2) is 0 Å². The van der Waals surface area contributed by atoms with E-state index in [0.29, 0.717) is 10.6 Å². The molecule has 1 amide bonds. The third-order valence-electron chi connectivity index (χ3n) is 2.95. The molecule has 0 aromatic heterocycles. The second-order valence-electron chi connectivity index (χ2n) is 4.22. The molecular formula is C12H14BrClN2O. The molecule has 0 atom stereocenters. The summed E-state index contributed by atoms with van der Waals surface area (Å²) in [5.41, 5.74) is 0.680. The molecule has 5 heteroatoms. The minimum Gasteiger partial charge on any atom is -0.336 e. The Morgan fingerprint density at radius 3 is 2.53 bits per heavy atom. The molecule has 0 bridgehead atoms. The van der Waals surface area contributed by atoms with Crippen molar-refractivity contribution in [3.05, 3.63) is 33.3 Å². The van der Waals surface area contributed by atoms with Crippen LogP contribution in [0.15, 0.2) is 22.7 Å². The van der Waals surface area contributed by atoms with E-state index in [0.717, 1.165) is 30.7 Å². The second kappa shape index (κ2) is 5.38. The van der Waals surface area contributed by atoms with Gasteiger partial charge < -0.3 is 9.80 Å². The van der Waals surface area contributed by atoms with Crippen LogP contribution in [-0.2, 0) is 0 Å². The van der Waals surface area contributed by atoms with E-state index in [9.17, 15) is 4.79 Å². The first-order valence-electron chi connectivity index (χ1n) is 5.51. The number of carbonyl (C=O) groups excluding carboxylic acids is 1. The minimum atomic E-state index is 0.0710. The second-order valence-corrected chi connectivity index (χ2v) is 5.51. The van der Waals surface area contributed by atoms with Gasteiger partial charge in [-0.05, 0) is 41.2 Å². The van der Waals surface area contributed by atoms with Crippen LogP contribution in [0, 0.1) is 0 Å². The number of halogens is 2. The number of amides is 1. The number of benzene rings is 1. The Hall–Kier alpha value is -0.580. The molecule has 0 N–H and O–H groups in total.